The molecule has 19 heavy (non-hydrogen) atoms. The zero-order chi connectivity index (χ0) is 14.0. The van der Waals surface area contributed by atoms with Crippen molar-refractivity contribution in [3.05, 3.63) is 34.6 Å². The minimum Gasteiger partial charge on any atom is -0.310 e. The maximum Gasteiger partial charge on any atom is 0.123 e. The van der Waals surface area contributed by atoms with E-state index in [1.165, 1.54) is 24.8 Å². The Labute approximate surface area is 116 Å². The number of hydrogen-bond acceptors (Lipinski definition) is 1. The summed E-state index contributed by atoms with van der Waals surface area (Å²) in [6, 6.07) is 3.72. The molecule has 2 heteroatoms. The Morgan fingerprint density at radius 2 is 1.89 bits per heavy atom. The van der Waals surface area contributed by atoms with Gasteiger partial charge in [-0.3, -0.25) is 0 Å². The average Bonchev–Trinajstić information content (AvgIpc) is 2.73. The Hall–Kier alpha value is -0.890. The van der Waals surface area contributed by atoms with Gasteiger partial charge in [0.1, 0.15) is 5.82 Å². The summed E-state index contributed by atoms with van der Waals surface area (Å²) < 4.78 is 13.5. The molecule has 0 heterocycles. The van der Waals surface area contributed by atoms with Gasteiger partial charge in [0.25, 0.3) is 0 Å². The largest absolute Gasteiger partial charge is 0.310 e. The molecule has 0 bridgehead atoms. The molecular formula is C17H26FN. The van der Waals surface area contributed by atoms with Crippen LogP contribution in [0.2, 0.25) is 0 Å². The lowest BCUT2D eigenvalue weighted by Crippen LogP contribution is -2.31. The number of rotatable bonds is 4. The summed E-state index contributed by atoms with van der Waals surface area (Å²) in [5, 5.41) is 3.65. The SMILES string of the molecule is CCNC(c1c(C)cc(F)cc1C)C1CCCC1C. The molecule has 0 aromatic heterocycles. The second kappa shape index (κ2) is 6.04. The first-order valence-electron chi connectivity index (χ1n) is 7.54. The normalized spacial score (nSPS) is 24.7. The summed E-state index contributed by atoms with van der Waals surface area (Å²) in [6.45, 7) is 9.55. The average molecular weight is 263 g/mol. The highest BCUT2D eigenvalue weighted by Gasteiger charge is 2.32. The molecular weight excluding hydrogens is 237 g/mol. The highest BCUT2D eigenvalue weighted by atomic mass is 19.1. The molecule has 1 nitrogen and oxygen atoms in total. The third kappa shape index (κ3) is 3.00. The smallest absolute Gasteiger partial charge is 0.123 e. The lowest BCUT2D eigenvalue weighted by molar-refractivity contribution is 0.304. The van der Waals surface area contributed by atoms with Crippen molar-refractivity contribution in [2.24, 2.45) is 11.8 Å². The standard InChI is InChI=1S/C17H26FN/c1-5-19-17(15-8-6-7-11(15)2)16-12(3)9-14(18)10-13(16)4/h9-11,15,17,19H,5-8H2,1-4H3. The molecule has 1 aromatic rings. The highest BCUT2D eigenvalue weighted by molar-refractivity contribution is 5.37. The van der Waals surface area contributed by atoms with E-state index in [-0.39, 0.29) is 5.82 Å². The van der Waals surface area contributed by atoms with Gasteiger partial charge < -0.3 is 5.32 Å². The van der Waals surface area contributed by atoms with Gasteiger partial charge in [0.05, 0.1) is 0 Å². The van der Waals surface area contributed by atoms with Gasteiger partial charge in [-0.25, -0.2) is 4.39 Å². The summed E-state index contributed by atoms with van der Waals surface area (Å²) in [5.41, 5.74) is 3.49. The minimum absolute atomic E-state index is 0.117. The van der Waals surface area contributed by atoms with Gasteiger partial charge in [0, 0.05) is 6.04 Å². The van der Waals surface area contributed by atoms with E-state index in [0.29, 0.717) is 12.0 Å². The molecule has 0 aliphatic heterocycles. The summed E-state index contributed by atoms with van der Waals surface area (Å²) in [7, 11) is 0. The molecule has 3 unspecified atom stereocenters. The Kier molecular flexibility index (Phi) is 4.62. The number of hydrogen-bond donors (Lipinski definition) is 1. The quantitative estimate of drug-likeness (QED) is 0.841. The summed E-state index contributed by atoms with van der Waals surface area (Å²) in [5.74, 6) is 1.32. The molecule has 0 saturated heterocycles. The molecule has 1 fully saturated rings. The van der Waals surface area contributed by atoms with E-state index in [1.807, 2.05) is 13.8 Å². The number of halogens is 1. The second-order valence-corrected chi connectivity index (χ2v) is 6.06. The van der Waals surface area contributed by atoms with Crippen LogP contribution in [-0.2, 0) is 0 Å². The van der Waals surface area contributed by atoms with Crippen LogP contribution in [0.3, 0.4) is 0 Å². The van der Waals surface area contributed by atoms with Crippen molar-refractivity contribution >= 4 is 0 Å². The fourth-order valence-corrected chi connectivity index (χ4v) is 3.77. The highest BCUT2D eigenvalue weighted by Crippen LogP contribution is 2.41. The Morgan fingerprint density at radius 3 is 2.37 bits per heavy atom. The van der Waals surface area contributed by atoms with Gasteiger partial charge >= 0.3 is 0 Å². The third-order valence-electron chi connectivity index (χ3n) is 4.65. The zero-order valence-corrected chi connectivity index (χ0v) is 12.6. The first-order valence-corrected chi connectivity index (χ1v) is 7.54. The van der Waals surface area contributed by atoms with Crippen molar-refractivity contribution < 1.29 is 4.39 Å². The van der Waals surface area contributed by atoms with Gasteiger partial charge in [-0.2, -0.15) is 0 Å². The first kappa shape index (κ1) is 14.5. The molecule has 1 aromatic carbocycles. The van der Waals surface area contributed by atoms with Crippen LogP contribution in [0.1, 0.15) is 55.8 Å². The van der Waals surface area contributed by atoms with Crippen LogP contribution in [-0.4, -0.2) is 6.54 Å². The molecule has 0 amide bonds. The predicted octanol–water partition coefficient (Wildman–Crippen LogP) is 4.53. The van der Waals surface area contributed by atoms with Crippen LogP contribution >= 0.6 is 0 Å². The predicted molar refractivity (Wildman–Crippen MR) is 78.8 cm³/mol. The summed E-state index contributed by atoms with van der Waals surface area (Å²) in [6.07, 6.45) is 3.94. The molecule has 0 radical (unpaired) electrons. The van der Waals surface area contributed by atoms with Crippen LogP contribution in [0.25, 0.3) is 0 Å². The molecule has 2 rings (SSSR count). The molecule has 3 atom stereocenters. The molecule has 0 spiro atoms. The Morgan fingerprint density at radius 1 is 1.26 bits per heavy atom. The van der Waals surface area contributed by atoms with Gasteiger partial charge in [0.15, 0.2) is 0 Å². The van der Waals surface area contributed by atoms with E-state index in [0.717, 1.165) is 23.6 Å². The van der Waals surface area contributed by atoms with E-state index in [4.69, 9.17) is 0 Å². The Bertz CT molecular complexity index is 418. The lowest BCUT2D eigenvalue weighted by atomic mass is 9.82. The van der Waals surface area contributed by atoms with E-state index in [2.05, 4.69) is 19.2 Å². The number of aryl methyl sites for hydroxylation is 2. The van der Waals surface area contributed by atoms with Crippen molar-refractivity contribution in [3.63, 3.8) is 0 Å². The summed E-state index contributed by atoms with van der Waals surface area (Å²) in [4.78, 5) is 0. The first-order chi connectivity index (χ1) is 9.04. The molecule has 1 N–H and O–H groups in total. The second-order valence-electron chi connectivity index (χ2n) is 6.06. The van der Waals surface area contributed by atoms with Crippen LogP contribution in [0.5, 0.6) is 0 Å². The lowest BCUT2D eigenvalue weighted by Gasteiger charge is -2.30. The van der Waals surface area contributed by atoms with Crippen LogP contribution in [0.4, 0.5) is 4.39 Å². The zero-order valence-electron chi connectivity index (χ0n) is 12.6. The Balaban J connectivity index is 2.38. The van der Waals surface area contributed by atoms with Gasteiger partial charge in [-0.15, -0.1) is 0 Å². The fraction of sp³-hybridized carbons (Fsp3) is 0.647. The van der Waals surface area contributed by atoms with Crippen molar-refractivity contribution in [3.8, 4) is 0 Å². The van der Waals surface area contributed by atoms with Crippen molar-refractivity contribution in [2.75, 3.05) is 6.54 Å². The van der Waals surface area contributed by atoms with Crippen molar-refractivity contribution in [2.45, 2.75) is 53.0 Å². The van der Waals surface area contributed by atoms with Crippen molar-refractivity contribution in [1.82, 2.24) is 5.32 Å². The molecule has 1 saturated carbocycles. The molecule has 1 aliphatic carbocycles. The van der Waals surface area contributed by atoms with E-state index in [1.54, 1.807) is 12.1 Å². The van der Waals surface area contributed by atoms with Crippen LogP contribution < -0.4 is 5.32 Å². The number of benzene rings is 1. The molecule has 1 aliphatic rings. The van der Waals surface area contributed by atoms with E-state index in [9.17, 15) is 4.39 Å². The van der Waals surface area contributed by atoms with Crippen LogP contribution in [0.15, 0.2) is 12.1 Å². The van der Waals surface area contributed by atoms with Crippen LogP contribution in [0, 0.1) is 31.5 Å². The maximum atomic E-state index is 13.5. The van der Waals surface area contributed by atoms with Gasteiger partial charge in [0.2, 0.25) is 0 Å². The number of nitrogens with one attached hydrogen (secondary N) is 1. The monoisotopic (exact) mass is 263 g/mol. The topological polar surface area (TPSA) is 12.0 Å². The minimum atomic E-state index is -0.117. The fourth-order valence-electron chi connectivity index (χ4n) is 3.77. The third-order valence-corrected chi connectivity index (χ3v) is 4.65. The molecule has 106 valence electrons. The van der Waals surface area contributed by atoms with Gasteiger partial charge in [-0.05, 0) is 67.5 Å². The van der Waals surface area contributed by atoms with Crippen molar-refractivity contribution in [1.29, 1.82) is 0 Å². The van der Waals surface area contributed by atoms with E-state index >= 15 is 0 Å². The maximum absolute atomic E-state index is 13.5. The van der Waals surface area contributed by atoms with E-state index < -0.39 is 0 Å². The summed E-state index contributed by atoms with van der Waals surface area (Å²) >= 11 is 0. The van der Waals surface area contributed by atoms with Gasteiger partial charge in [-0.1, -0.05) is 26.7 Å².